The number of hydrogen-bond acceptors (Lipinski definition) is 4. The minimum absolute atomic E-state index is 0.217. The maximum Gasteiger partial charge on any atom is 0.305 e. The van der Waals surface area contributed by atoms with Crippen LogP contribution in [-0.4, -0.2) is 30.0 Å². The molecule has 2 aromatic carbocycles. The molecule has 0 aliphatic rings. The molecule has 2 rings (SSSR count). The lowest BCUT2D eigenvalue weighted by atomic mass is 10.00. The first-order valence-electron chi connectivity index (χ1n) is 7.68. The summed E-state index contributed by atoms with van der Waals surface area (Å²) in [5, 5.41) is 12.1. The molecular formula is C19H21NO4. The van der Waals surface area contributed by atoms with E-state index in [0.717, 1.165) is 16.9 Å². The number of aliphatic carboxylic acids is 1. The van der Waals surface area contributed by atoms with E-state index < -0.39 is 12.0 Å². The topological polar surface area (TPSA) is 75.6 Å². The summed E-state index contributed by atoms with van der Waals surface area (Å²) in [6.45, 7) is 2.34. The number of methoxy groups -OCH3 is 1. The highest BCUT2D eigenvalue weighted by molar-refractivity contribution is 6.01. The van der Waals surface area contributed by atoms with E-state index in [4.69, 9.17) is 9.84 Å². The Morgan fingerprint density at radius 1 is 1.08 bits per heavy atom. The molecule has 0 heterocycles. The van der Waals surface area contributed by atoms with Gasteiger partial charge in [0.25, 0.3) is 0 Å². The number of carboxylic acid groups (broad SMARTS) is 1. The third-order valence-corrected chi connectivity index (χ3v) is 3.74. The van der Waals surface area contributed by atoms with Gasteiger partial charge >= 0.3 is 5.97 Å². The third kappa shape index (κ3) is 4.93. The number of aryl methyl sites for hydroxylation is 1. The smallest absolute Gasteiger partial charge is 0.305 e. The highest BCUT2D eigenvalue weighted by Gasteiger charge is 2.22. The summed E-state index contributed by atoms with van der Waals surface area (Å²) in [7, 11) is 1.59. The molecule has 0 saturated heterocycles. The normalized spacial score (nSPS) is 11.8. The van der Waals surface area contributed by atoms with Crippen molar-refractivity contribution in [3.63, 3.8) is 0 Å². The minimum Gasteiger partial charge on any atom is -0.497 e. The fourth-order valence-electron chi connectivity index (χ4n) is 2.34. The van der Waals surface area contributed by atoms with E-state index in [1.165, 1.54) is 0 Å². The van der Waals surface area contributed by atoms with Crippen LogP contribution in [0.5, 0.6) is 5.75 Å². The molecule has 0 aromatic heterocycles. The van der Waals surface area contributed by atoms with Crippen molar-refractivity contribution in [1.29, 1.82) is 0 Å². The summed E-state index contributed by atoms with van der Waals surface area (Å²) >= 11 is 0. The highest BCUT2D eigenvalue weighted by Crippen LogP contribution is 2.13. The van der Waals surface area contributed by atoms with Crippen LogP contribution in [0.2, 0.25) is 0 Å². The molecule has 0 aliphatic heterocycles. The lowest BCUT2D eigenvalue weighted by molar-refractivity contribution is -0.137. The van der Waals surface area contributed by atoms with Crippen molar-refractivity contribution >= 4 is 11.8 Å². The van der Waals surface area contributed by atoms with Gasteiger partial charge in [-0.3, -0.25) is 9.59 Å². The number of carboxylic acids is 1. The average molecular weight is 327 g/mol. The van der Waals surface area contributed by atoms with Gasteiger partial charge in [-0.05, 0) is 24.6 Å². The van der Waals surface area contributed by atoms with Gasteiger partial charge in [-0.1, -0.05) is 42.0 Å². The van der Waals surface area contributed by atoms with Gasteiger partial charge < -0.3 is 15.2 Å². The van der Waals surface area contributed by atoms with Gasteiger partial charge in [-0.25, -0.2) is 0 Å². The first-order chi connectivity index (χ1) is 11.5. The molecule has 0 aliphatic carbocycles. The predicted octanol–water partition coefficient (Wildman–Crippen LogP) is 2.82. The molecule has 0 bridgehead atoms. The van der Waals surface area contributed by atoms with Crippen LogP contribution in [0.15, 0.2) is 48.5 Å². The number of benzene rings is 2. The number of rotatable bonds is 8. The van der Waals surface area contributed by atoms with Crippen LogP contribution in [-0.2, 0) is 11.3 Å². The van der Waals surface area contributed by atoms with Crippen LogP contribution in [0, 0.1) is 6.92 Å². The second-order valence-corrected chi connectivity index (χ2v) is 5.61. The molecule has 24 heavy (non-hydrogen) atoms. The molecule has 2 aromatic rings. The lowest BCUT2D eigenvalue weighted by Crippen LogP contribution is -2.38. The highest BCUT2D eigenvalue weighted by atomic mass is 16.5. The van der Waals surface area contributed by atoms with E-state index in [-0.39, 0.29) is 12.2 Å². The molecule has 1 unspecified atom stereocenters. The van der Waals surface area contributed by atoms with Crippen molar-refractivity contribution in [1.82, 2.24) is 5.32 Å². The number of carbonyl (C=O) groups excluding carboxylic acids is 1. The molecule has 0 spiro atoms. The fraction of sp³-hybridized carbons (Fsp3) is 0.263. The Morgan fingerprint density at radius 2 is 1.71 bits per heavy atom. The average Bonchev–Trinajstić information content (AvgIpc) is 2.59. The second-order valence-electron chi connectivity index (χ2n) is 5.61. The van der Waals surface area contributed by atoms with E-state index >= 15 is 0 Å². The summed E-state index contributed by atoms with van der Waals surface area (Å²) in [6.07, 6.45) is -0.261. The largest absolute Gasteiger partial charge is 0.497 e. The summed E-state index contributed by atoms with van der Waals surface area (Å²) in [5.41, 5.74) is 2.50. The van der Waals surface area contributed by atoms with Gasteiger partial charge in [0.15, 0.2) is 5.78 Å². The summed E-state index contributed by atoms with van der Waals surface area (Å²) in [5.74, 6) is -0.481. The van der Waals surface area contributed by atoms with E-state index in [0.29, 0.717) is 12.1 Å². The molecule has 126 valence electrons. The van der Waals surface area contributed by atoms with Crippen molar-refractivity contribution in [2.24, 2.45) is 0 Å². The maximum atomic E-state index is 12.6. The first kappa shape index (κ1) is 17.7. The molecule has 0 radical (unpaired) electrons. The van der Waals surface area contributed by atoms with Crippen molar-refractivity contribution < 1.29 is 19.4 Å². The zero-order chi connectivity index (χ0) is 17.5. The Kier molecular flexibility index (Phi) is 6.09. The third-order valence-electron chi connectivity index (χ3n) is 3.74. The Morgan fingerprint density at radius 3 is 2.25 bits per heavy atom. The SMILES string of the molecule is COc1ccc(CNC(CC(=O)O)C(=O)c2ccc(C)cc2)cc1. The van der Waals surface area contributed by atoms with Crippen molar-refractivity contribution in [3.8, 4) is 5.75 Å². The molecule has 0 amide bonds. The summed E-state index contributed by atoms with van der Waals surface area (Å²) in [4.78, 5) is 23.7. The number of ether oxygens (including phenoxy) is 1. The quantitative estimate of drug-likeness (QED) is 0.729. The van der Waals surface area contributed by atoms with E-state index in [2.05, 4.69) is 5.32 Å². The summed E-state index contributed by atoms with van der Waals surface area (Å²) in [6, 6.07) is 13.8. The van der Waals surface area contributed by atoms with Gasteiger partial charge in [-0.2, -0.15) is 0 Å². The van der Waals surface area contributed by atoms with Crippen LogP contribution in [0.3, 0.4) is 0 Å². The second kappa shape index (κ2) is 8.26. The predicted molar refractivity (Wildman–Crippen MR) is 91.4 cm³/mol. The number of hydrogen-bond donors (Lipinski definition) is 2. The van der Waals surface area contributed by atoms with E-state index in [1.54, 1.807) is 19.2 Å². The molecule has 5 heteroatoms. The Labute approximate surface area is 141 Å². The number of nitrogens with one attached hydrogen (secondary N) is 1. The van der Waals surface area contributed by atoms with Gasteiger partial charge in [0.1, 0.15) is 5.75 Å². The van der Waals surface area contributed by atoms with Gasteiger partial charge in [0, 0.05) is 12.1 Å². The Hall–Kier alpha value is -2.66. The van der Waals surface area contributed by atoms with Crippen LogP contribution in [0.4, 0.5) is 0 Å². The molecule has 5 nitrogen and oxygen atoms in total. The first-order valence-corrected chi connectivity index (χ1v) is 7.68. The summed E-state index contributed by atoms with van der Waals surface area (Å²) < 4.78 is 5.10. The Balaban J connectivity index is 2.07. The maximum absolute atomic E-state index is 12.6. The molecule has 0 fully saturated rings. The van der Waals surface area contributed by atoms with Gasteiger partial charge in [0.2, 0.25) is 0 Å². The molecule has 0 saturated carbocycles. The van der Waals surface area contributed by atoms with Gasteiger partial charge in [-0.15, -0.1) is 0 Å². The molecule has 2 N–H and O–H groups in total. The number of ketones is 1. The monoisotopic (exact) mass is 327 g/mol. The zero-order valence-electron chi connectivity index (χ0n) is 13.8. The molecule has 1 atom stereocenters. The van der Waals surface area contributed by atoms with Crippen molar-refractivity contribution in [3.05, 3.63) is 65.2 Å². The standard InChI is InChI=1S/C19H21NO4/c1-13-3-7-15(8-4-13)19(23)17(11-18(21)22)20-12-14-5-9-16(24-2)10-6-14/h3-10,17,20H,11-12H2,1-2H3,(H,21,22). The molecular weight excluding hydrogens is 306 g/mol. The van der Waals surface area contributed by atoms with Crippen LogP contribution in [0.1, 0.15) is 27.9 Å². The Bertz CT molecular complexity index is 692. The van der Waals surface area contributed by atoms with Crippen LogP contribution in [0.25, 0.3) is 0 Å². The van der Waals surface area contributed by atoms with E-state index in [1.807, 2.05) is 43.3 Å². The minimum atomic E-state index is -1.01. The lowest BCUT2D eigenvalue weighted by Gasteiger charge is -2.16. The van der Waals surface area contributed by atoms with Crippen molar-refractivity contribution in [2.45, 2.75) is 25.9 Å². The van der Waals surface area contributed by atoms with Crippen LogP contribution < -0.4 is 10.1 Å². The van der Waals surface area contributed by atoms with E-state index in [9.17, 15) is 9.59 Å². The number of Topliss-reactive ketones (excluding diaryl/α,β-unsaturated/α-hetero) is 1. The van der Waals surface area contributed by atoms with Gasteiger partial charge in [0.05, 0.1) is 19.6 Å². The fourth-order valence-corrected chi connectivity index (χ4v) is 2.34. The zero-order valence-corrected chi connectivity index (χ0v) is 13.8. The number of carbonyl (C=O) groups is 2. The van der Waals surface area contributed by atoms with Crippen LogP contribution >= 0.6 is 0 Å². The van der Waals surface area contributed by atoms with Crippen molar-refractivity contribution in [2.75, 3.05) is 7.11 Å².